The largest absolute Gasteiger partial charge is 0.456 e. The molecule has 0 saturated carbocycles. The van der Waals surface area contributed by atoms with Crippen LogP contribution in [0, 0.1) is 0 Å². The zero-order valence-corrected chi connectivity index (χ0v) is 42.3. The van der Waals surface area contributed by atoms with E-state index in [1.807, 2.05) is 0 Å². The summed E-state index contributed by atoms with van der Waals surface area (Å²) in [7, 11) is 0. The Morgan fingerprint density at radius 1 is 0.235 bits per heavy atom. The molecule has 81 heavy (non-hydrogen) atoms. The quantitative estimate of drug-likeness (QED) is 0.157. The van der Waals surface area contributed by atoms with Crippen LogP contribution in [0.5, 0.6) is 0 Å². The van der Waals surface area contributed by atoms with E-state index in [1.165, 1.54) is 70.7 Å². The minimum atomic E-state index is -1.07. The predicted molar refractivity (Wildman–Crippen MR) is 347 cm³/mol. The van der Waals surface area contributed by atoms with Crippen molar-refractivity contribution in [2.45, 2.75) is 0 Å². The van der Waals surface area contributed by atoms with Gasteiger partial charge in [0.25, 0.3) is 0 Å². The normalized spacial score (nSPS) is 16.2. The average Bonchev–Trinajstić information content (AvgIpc) is 0.960. The summed E-state index contributed by atoms with van der Waals surface area (Å²) in [6, 6.07) is 28.6. The van der Waals surface area contributed by atoms with Crippen LogP contribution in [0.4, 0.5) is 0 Å². The van der Waals surface area contributed by atoms with E-state index in [0.717, 1.165) is 16.6 Å². The predicted octanol–water partition coefficient (Wildman–Crippen LogP) is 22.8. The maximum atomic E-state index is 9.43. The van der Waals surface area contributed by atoms with E-state index in [1.54, 1.807) is 0 Å². The zero-order valence-electron chi connectivity index (χ0n) is 68.3. The summed E-state index contributed by atoms with van der Waals surface area (Å²) in [6.07, 6.45) is 0. The van der Waals surface area contributed by atoms with Crippen molar-refractivity contribution in [1.82, 2.24) is 0 Å². The highest BCUT2D eigenvalue weighted by atomic mass is 16.3. The van der Waals surface area contributed by atoms with E-state index in [4.69, 9.17) is 27.7 Å². The van der Waals surface area contributed by atoms with Crippen LogP contribution < -0.4 is 0 Å². The second kappa shape index (κ2) is 19.1. The van der Waals surface area contributed by atoms with Gasteiger partial charge in [-0.2, -0.15) is 0 Å². The summed E-state index contributed by atoms with van der Waals surface area (Å²) < 4.78 is 237. The van der Waals surface area contributed by atoms with E-state index < -0.39 is 234 Å². The number of hydrogen-bond acceptors (Lipinski definition) is 1. The molecule has 17 aromatic rings. The molecule has 0 amide bonds. The summed E-state index contributed by atoms with van der Waals surface area (Å²) in [5.41, 5.74) is 2.29. The minimum Gasteiger partial charge on any atom is -0.456 e. The first-order valence-electron chi connectivity index (χ1n) is 38.9. The van der Waals surface area contributed by atoms with E-state index in [0.29, 0.717) is 0 Å². The molecule has 16 aromatic carbocycles. The fourth-order valence-corrected chi connectivity index (χ4v) is 11.4. The lowest BCUT2D eigenvalue weighted by Crippen LogP contribution is -1.91. The Hall–Kier alpha value is -10.6. The summed E-state index contributed by atoms with van der Waals surface area (Å²) in [6.45, 7) is 0. The van der Waals surface area contributed by atoms with Crippen LogP contribution in [-0.4, -0.2) is 0 Å². The van der Waals surface area contributed by atoms with Gasteiger partial charge in [-0.15, -0.1) is 0 Å². The molecule has 0 fully saturated rings. The average molecular weight is 1050 g/mol. The molecule has 0 saturated heterocycles. The molecule has 0 N–H and O–H groups in total. The lowest BCUT2D eigenvalue weighted by atomic mass is 9.84. The van der Waals surface area contributed by atoms with Crippen molar-refractivity contribution in [3.63, 3.8) is 0 Å². The molecule has 1 aromatic heterocycles. The molecule has 0 radical (unpaired) electrons. The number of fused-ring (bicyclic) bond motifs is 11. The van der Waals surface area contributed by atoms with Gasteiger partial charge in [-0.05, 0) is 172 Å². The molecule has 0 aliphatic heterocycles. The van der Waals surface area contributed by atoms with Gasteiger partial charge in [-0.1, -0.05) is 272 Å². The van der Waals surface area contributed by atoms with Gasteiger partial charge < -0.3 is 4.42 Å². The van der Waals surface area contributed by atoms with Crippen LogP contribution in [0.25, 0.3) is 164 Å². The molecular weight excluding hydrogens is 977 g/mol. The van der Waals surface area contributed by atoms with Crippen molar-refractivity contribution in [1.29, 1.82) is 0 Å². The lowest BCUT2D eigenvalue weighted by molar-refractivity contribution is 0.669. The Morgan fingerprint density at radius 2 is 0.728 bits per heavy atom. The van der Waals surface area contributed by atoms with Crippen molar-refractivity contribution in [3.8, 4) is 55.6 Å². The minimum absolute atomic E-state index is 0.526. The van der Waals surface area contributed by atoms with Gasteiger partial charge in [0.15, 0.2) is 0 Å². The molecule has 1 heteroatoms. The summed E-state index contributed by atoms with van der Waals surface area (Å²) in [5.74, 6) is 0. The first-order chi connectivity index (χ1) is 51.0. The first kappa shape index (κ1) is 27.3. The zero-order chi connectivity index (χ0) is 76.0. The van der Waals surface area contributed by atoms with E-state index in [-0.39, 0.29) is 0 Å². The summed E-state index contributed by atoms with van der Waals surface area (Å²) in [5, 5.41) is 7.05. The molecule has 0 atom stereocenters. The Morgan fingerprint density at radius 3 is 1.41 bits per heavy atom. The third-order valence-electron chi connectivity index (χ3n) is 14.9. The molecule has 0 unspecified atom stereocenters. The Bertz CT molecular complexity index is 6790. The first-order valence-corrected chi connectivity index (χ1v) is 25.9. The second-order valence-corrected chi connectivity index (χ2v) is 19.4. The third kappa shape index (κ3) is 7.77. The molecule has 1 nitrogen and oxygen atoms in total. The van der Waals surface area contributed by atoms with Gasteiger partial charge in [0, 0.05) is 10.8 Å². The summed E-state index contributed by atoms with van der Waals surface area (Å²) >= 11 is 0. The van der Waals surface area contributed by atoms with E-state index in [2.05, 4.69) is 146 Å². The van der Waals surface area contributed by atoms with Crippen molar-refractivity contribution in [2.75, 3.05) is 0 Å². The number of benzene rings is 16. The van der Waals surface area contributed by atoms with Crippen LogP contribution in [-0.2, 0) is 0 Å². The standard InChI is InChI=1S/C40H24O.C40H26/c1-2-11-26-22-29(21-20-25(26)10-1)38-30-14-5-7-16-32(30)39(33-17-8-6-15-31(33)38)34-18-9-19-36-40(34)35-23-27-12-3-4-13-28(27)24-37(35)41-36;1-2-12-31-26-32(25-22-27(31)10-1)28-20-23-30(24-21-28)39-35-15-5-7-17-37(35)40(38-18-8-6-16-36(38)39)34-19-9-13-29-11-3-4-14-33(29)34/h1-24H;1-26H/i;1D,2D,3D,4D,5D,6D,7D,8D,9D,10D,11D,12D,13D,14D,15D,16D,17D,18D,19D,20D,21D,22D,23D,24D,25D,26D. The van der Waals surface area contributed by atoms with Crippen molar-refractivity contribution in [3.05, 3.63) is 303 Å². The molecule has 0 aliphatic rings. The van der Waals surface area contributed by atoms with Crippen molar-refractivity contribution < 1.29 is 40.1 Å². The van der Waals surface area contributed by atoms with Gasteiger partial charge in [-0.25, -0.2) is 0 Å². The molecule has 17 rings (SSSR count). The SMILES string of the molecule is [2H]c1c([2H])c(-c2c3c([2H])c([2H])c([2H])c([2H])c3c(-c3c([2H])c([2H])c([2H])c4c([2H])c([2H])c([2H])c([2H])c34)c3c([2H])c([2H])c([2H])c([2H])c23)c([2H])c([2H])c1-c1c([2H])c([2H])c2c([2H])c([2H])c([2H])c([2H])c2c1[2H].c1ccc2cc(-c3c4ccccc4c(-c4cccc5oc6cc7ccccc7cc6c45)c4ccccc34)ccc2c1. The topological polar surface area (TPSA) is 13.1 Å². The molecular formula is C80H50O. The molecule has 376 valence electrons. The number of rotatable bonds is 5. The Kier molecular flexibility index (Phi) is 6.44. The monoisotopic (exact) mass is 1050 g/mol. The molecule has 0 aliphatic carbocycles. The lowest BCUT2D eigenvalue weighted by Gasteiger charge is -2.19. The fraction of sp³-hybridized carbons (Fsp3) is 0. The van der Waals surface area contributed by atoms with Gasteiger partial charge in [0.2, 0.25) is 0 Å². The van der Waals surface area contributed by atoms with Gasteiger partial charge >= 0.3 is 0 Å². The second-order valence-electron chi connectivity index (χ2n) is 19.4. The fourth-order valence-electron chi connectivity index (χ4n) is 11.4. The van der Waals surface area contributed by atoms with Gasteiger partial charge in [0.05, 0.1) is 35.6 Å². The highest BCUT2D eigenvalue weighted by Gasteiger charge is 2.22. The van der Waals surface area contributed by atoms with Crippen LogP contribution in [0.1, 0.15) is 35.6 Å². The third-order valence-corrected chi connectivity index (χ3v) is 14.9. The maximum absolute atomic E-state index is 9.43. The molecule has 1 heterocycles. The smallest absolute Gasteiger partial charge is 0.136 e. The summed E-state index contributed by atoms with van der Waals surface area (Å²) in [4.78, 5) is 0. The van der Waals surface area contributed by atoms with Crippen LogP contribution in [0.15, 0.2) is 307 Å². The Balaban J connectivity index is 0.000000181. The number of furan rings is 1. The van der Waals surface area contributed by atoms with Crippen LogP contribution in [0.3, 0.4) is 0 Å². The van der Waals surface area contributed by atoms with Crippen LogP contribution >= 0.6 is 0 Å². The van der Waals surface area contributed by atoms with Crippen molar-refractivity contribution >= 4 is 108 Å². The van der Waals surface area contributed by atoms with Gasteiger partial charge in [-0.3, -0.25) is 0 Å². The van der Waals surface area contributed by atoms with Crippen molar-refractivity contribution in [2.24, 2.45) is 0 Å². The molecule has 0 spiro atoms. The Labute approximate surface area is 505 Å². The molecule has 0 bridgehead atoms. The van der Waals surface area contributed by atoms with E-state index >= 15 is 0 Å². The van der Waals surface area contributed by atoms with E-state index in [9.17, 15) is 12.3 Å². The number of hydrogen-bond donors (Lipinski definition) is 0. The van der Waals surface area contributed by atoms with Gasteiger partial charge in [0.1, 0.15) is 11.2 Å². The maximum Gasteiger partial charge on any atom is 0.136 e. The highest BCUT2D eigenvalue weighted by Crippen LogP contribution is 2.49. The highest BCUT2D eigenvalue weighted by molar-refractivity contribution is 6.27. The van der Waals surface area contributed by atoms with Crippen LogP contribution in [0.2, 0.25) is 0 Å².